The molecule has 8 nitrogen and oxygen atoms in total. The molecule has 0 spiro atoms. The number of hydrogen-bond donors (Lipinski definition) is 1. The first-order valence-corrected chi connectivity index (χ1v) is 7.99. The molecular formula is C18H16N6O2. The number of aromatic nitrogens is 5. The Kier molecular flexibility index (Phi) is 4.06. The van der Waals surface area contributed by atoms with E-state index in [2.05, 4.69) is 20.4 Å². The molecule has 0 atom stereocenters. The van der Waals surface area contributed by atoms with Crippen molar-refractivity contribution in [3.63, 3.8) is 0 Å². The van der Waals surface area contributed by atoms with Gasteiger partial charge >= 0.3 is 0 Å². The molecule has 1 N–H and O–H groups in total. The highest BCUT2D eigenvalue weighted by molar-refractivity contribution is 5.93. The maximum Gasteiger partial charge on any atom is 0.254 e. The fourth-order valence-corrected chi connectivity index (χ4v) is 2.63. The van der Waals surface area contributed by atoms with Crippen molar-refractivity contribution in [1.29, 1.82) is 0 Å². The lowest BCUT2D eigenvalue weighted by atomic mass is 10.3. The molecule has 0 saturated carbocycles. The van der Waals surface area contributed by atoms with Gasteiger partial charge in [0.2, 0.25) is 5.78 Å². The Hall–Kier alpha value is -3.68. The van der Waals surface area contributed by atoms with Gasteiger partial charge in [-0.3, -0.25) is 9.20 Å². The van der Waals surface area contributed by atoms with Crippen LogP contribution in [0.4, 0.5) is 0 Å². The van der Waals surface area contributed by atoms with E-state index >= 15 is 0 Å². The van der Waals surface area contributed by atoms with Crippen LogP contribution >= 0.6 is 0 Å². The number of rotatable bonds is 5. The second-order valence-electron chi connectivity index (χ2n) is 5.59. The molecule has 26 heavy (non-hydrogen) atoms. The summed E-state index contributed by atoms with van der Waals surface area (Å²) in [5.41, 5.74) is 1.95. The number of carbonyl (C=O) groups is 1. The van der Waals surface area contributed by atoms with Crippen molar-refractivity contribution in [2.24, 2.45) is 0 Å². The molecule has 0 unspecified atom stereocenters. The molecule has 0 saturated heterocycles. The van der Waals surface area contributed by atoms with E-state index in [-0.39, 0.29) is 5.91 Å². The summed E-state index contributed by atoms with van der Waals surface area (Å²) in [4.78, 5) is 20.9. The van der Waals surface area contributed by atoms with Crippen LogP contribution in [0, 0.1) is 0 Å². The Morgan fingerprint density at radius 3 is 2.96 bits per heavy atom. The van der Waals surface area contributed by atoms with Gasteiger partial charge in [0.05, 0.1) is 31.1 Å². The summed E-state index contributed by atoms with van der Waals surface area (Å²) in [5, 5.41) is 7.09. The predicted molar refractivity (Wildman–Crippen MR) is 94.3 cm³/mol. The van der Waals surface area contributed by atoms with E-state index in [0.717, 1.165) is 11.4 Å². The number of nitrogens with zero attached hydrogens (tertiary/aromatic N) is 5. The van der Waals surface area contributed by atoms with Gasteiger partial charge in [-0.25, -0.2) is 14.6 Å². The average molecular weight is 348 g/mol. The van der Waals surface area contributed by atoms with Crippen LogP contribution in [-0.2, 0) is 6.54 Å². The molecule has 130 valence electrons. The van der Waals surface area contributed by atoms with E-state index in [4.69, 9.17) is 4.74 Å². The molecular weight excluding hydrogens is 332 g/mol. The summed E-state index contributed by atoms with van der Waals surface area (Å²) in [6.45, 7) is 0.308. The Bertz CT molecular complexity index is 1040. The molecule has 0 aliphatic heterocycles. The van der Waals surface area contributed by atoms with Crippen LogP contribution in [-0.4, -0.2) is 37.2 Å². The second-order valence-corrected chi connectivity index (χ2v) is 5.59. The van der Waals surface area contributed by atoms with Gasteiger partial charge in [-0.2, -0.15) is 5.10 Å². The molecule has 0 aliphatic carbocycles. The van der Waals surface area contributed by atoms with Gasteiger partial charge in [0.15, 0.2) is 0 Å². The summed E-state index contributed by atoms with van der Waals surface area (Å²) in [6, 6.07) is 9.30. The number of hydrogen-bond acceptors (Lipinski definition) is 5. The number of carbonyl (C=O) groups excluding carboxylic acids is 1. The van der Waals surface area contributed by atoms with Crippen molar-refractivity contribution < 1.29 is 9.53 Å². The molecule has 0 bridgehead atoms. The standard InChI is InChI=1S/C18H16N6O2/c1-26-16-6-3-2-5-15(16)24-11-13(9-21-24)17(25)20-10-14-12-23-8-4-7-19-18(23)22-14/h2-9,11-12H,10H2,1H3,(H,20,25). The van der Waals surface area contributed by atoms with Crippen molar-refractivity contribution in [2.75, 3.05) is 7.11 Å². The van der Waals surface area contributed by atoms with Crippen molar-refractivity contribution in [3.8, 4) is 11.4 Å². The third-order valence-corrected chi connectivity index (χ3v) is 3.89. The zero-order chi connectivity index (χ0) is 17.9. The van der Waals surface area contributed by atoms with Gasteiger partial charge in [-0.1, -0.05) is 12.1 Å². The normalized spacial score (nSPS) is 10.8. The minimum Gasteiger partial charge on any atom is -0.494 e. The maximum absolute atomic E-state index is 12.4. The highest BCUT2D eigenvalue weighted by Crippen LogP contribution is 2.21. The Morgan fingerprint density at radius 2 is 2.12 bits per heavy atom. The summed E-state index contributed by atoms with van der Waals surface area (Å²) in [7, 11) is 1.60. The van der Waals surface area contributed by atoms with Gasteiger partial charge in [0.25, 0.3) is 5.91 Å². The fraction of sp³-hybridized carbons (Fsp3) is 0.111. The molecule has 8 heteroatoms. The third kappa shape index (κ3) is 3.00. The zero-order valence-corrected chi connectivity index (χ0v) is 14.0. The topological polar surface area (TPSA) is 86.3 Å². The van der Waals surface area contributed by atoms with Crippen molar-refractivity contribution in [1.82, 2.24) is 29.5 Å². The minimum atomic E-state index is -0.226. The first-order chi connectivity index (χ1) is 12.7. The molecule has 4 rings (SSSR count). The molecule has 4 aromatic rings. The van der Waals surface area contributed by atoms with E-state index in [9.17, 15) is 4.79 Å². The first kappa shape index (κ1) is 15.8. The SMILES string of the molecule is COc1ccccc1-n1cc(C(=O)NCc2cn3cccnc3n2)cn1. The molecule has 1 aromatic carbocycles. The average Bonchev–Trinajstić information content (AvgIpc) is 3.33. The van der Waals surface area contributed by atoms with Gasteiger partial charge in [-0.15, -0.1) is 0 Å². The maximum atomic E-state index is 12.4. The summed E-state index contributed by atoms with van der Waals surface area (Å²) in [6.07, 6.45) is 8.56. The zero-order valence-electron chi connectivity index (χ0n) is 14.0. The van der Waals surface area contributed by atoms with E-state index in [1.807, 2.05) is 42.7 Å². The van der Waals surface area contributed by atoms with Crippen LogP contribution in [0.3, 0.4) is 0 Å². The molecule has 1 amide bonds. The van der Waals surface area contributed by atoms with Crippen LogP contribution in [0.2, 0.25) is 0 Å². The monoisotopic (exact) mass is 348 g/mol. The van der Waals surface area contributed by atoms with E-state index in [1.54, 1.807) is 28.6 Å². The Morgan fingerprint density at radius 1 is 1.23 bits per heavy atom. The lowest BCUT2D eigenvalue weighted by Crippen LogP contribution is -2.22. The van der Waals surface area contributed by atoms with Crippen molar-refractivity contribution in [3.05, 3.63) is 72.6 Å². The van der Waals surface area contributed by atoms with Gasteiger partial charge in [0.1, 0.15) is 11.4 Å². The van der Waals surface area contributed by atoms with Crippen LogP contribution in [0.15, 0.2) is 61.3 Å². The largest absolute Gasteiger partial charge is 0.494 e. The number of ether oxygens (including phenoxy) is 1. The molecule has 3 aromatic heterocycles. The second kappa shape index (κ2) is 6.67. The lowest BCUT2D eigenvalue weighted by molar-refractivity contribution is 0.0950. The highest BCUT2D eigenvalue weighted by Gasteiger charge is 2.12. The van der Waals surface area contributed by atoms with Crippen LogP contribution in [0.1, 0.15) is 16.1 Å². The minimum absolute atomic E-state index is 0.226. The number of para-hydroxylation sites is 2. The summed E-state index contributed by atoms with van der Waals surface area (Å²) >= 11 is 0. The van der Waals surface area contributed by atoms with Crippen molar-refractivity contribution >= 4 is 11.7 Å². The van der Waals surface area contributed by atoms with Crippen LogP contribution in [0.25, 0.3) is 11.5 Å². The van der Waals surface area contributed by atoms with E-state index < -0.39 is 0 Å². The first-order valence-electron chi connectivity index (χ1n) is 7.99. The quantitative estimate of drug-likeness (QED) is 0.595. The predicted octanol–water partition coefficient (Wildman–Crippen LogP) is 1.85. The molecule has 0 aliphatic rings. The lowest BCUT2D eigenvalue weighted by Gasteiger charge is -2.07. The molecule has 0 fully saturated rings. The van der Waals surface area contributed by atoms with Crippen molar-refractivity contribution in [2.45, 2.75) is 6.54 Å². The number of imidazole rings is 1. The smallest absolute Gasteiger partial charge is 0.254 e. The van der Waals surface area contributed by atoms with Crippen LogP contribution in [0.5, 0.6) is 5.75 Å². The molecule has 3 heterocycles. The number of amides is 1. The van der Waals surface area contributed by atoms with E-state index in [1.165, 1.54) is 6.20 Å². The number of methoxy groups -OCH3 is 1. The molecule has 0 radical (unpaired) electrons. The van der Waals surface area contributed by atoms with Gasteiger partial charge < -0.3 is 10.1 Å². The third-order valence-electron chi connectivity index (χ3n) is 3.89. The van der Waals surface area contributed by atoms with Gasteiger partial charge in [0, 0.05) is 24.8 Å². The summed E-state index contributed by atoms with van der Waals surface area (Å²) in [5.74, 6) is 1.05. The Labute approximate surface area is 149 Å². The fourth-order valence-electron chi connectivity index (χ4n) is 2.63. The van der Waals surface area contributed by atoms with E-state index in [0.29, 0.717) is 23.6 Å². The Balaban J connectivity index is 1.48. The summed E-state index contributed by atoms with van der Waals surface area (Å²) < 4.78 is 8.75. The highest BCUT2D eigenvalue weighted by atomic mass is 16.5. The van der Waals surface area contributed by atoms with Crippen LogP contribution < -0.4 is 10.1 Å². The van der Waals surface area contributed by atoms with Gasteiger partial charge in [-0.05, 0) is 18.2 Å². The number of fused-ring (bicyclic) bond motifs is 1. The number of nitrogens with one attached hydrogen (secondary N) is 1. The number of benzene rings is 1.